The molecule has 0 aliphatic rings. The summed E-state index contributed by atoms with van der Waals surface area (Å²) in [5, 5.41) is 0. The van der Waals surface area contributed by atoms with Gasteiger partial charge in [-0.25, -0.2) is 0 Å². The zero-order valence-corrected chi connectivity index (χ0v) is 12.7. The average molecular weight is 234 g/mol. The molecule has 0 rings (SSSR count). The van der Waals surface area contributed by atoms with E-state index in [0.29, 0.717) is 0 Å². The summed E-state index contributed by atoms with van der Waals surface area (Å²) in [5.41, 5.74) is 3.39. The van der Waals surface area contributed by atoms with Crippen molar-refractivity contribution in [2.24, 2.45) is 0 Å². The van der Waals surface area contributed by atoms with Crippen LogP contribution in [0.3, 0.4) is 0 Å². The Morgan fingerprint density at radius 3 is 0.667 bits per heavy atom. The molecule has 0 aromatic rings. The molecule has 0 aromatic heterocycles. The van der Waals surface area contributed by atoms with Crippen LogP contribution in [0.5, 0.6) is 0 Å². The summed E-state index contributed by atoms with van der Waals surface area (Å²) >= 11 is 0. The molecular formula is C14H35P. The predicted octanol–water partition coefficient (Wildman–Crippen LogP) is 5.44. The van der Waals surface area contributed by atoms with E-state index in [-0.39, 0.29) is 7.43 Å². The van der Waals surface area contributed by atoms with Gasteiger partial charge in [0.15, 0.2) is 0 Å². The zero-order valence-electron chi connectivity index (χ0n) is 11.8. The van der Waals surface area contributed by atoms with E-state index < -0.39 is 6.60 Å². The zero-order chi connectivity index (χ0) is 11.8. The summed E-state index contributed by atoms with van der Waals surface area (Å²) in [4.78, 5) is 0. The molecule has 0 N–H and O–H groups in total. The Hall–Kier alpha value is 0.430. The summed E-state index contributed by atoms with van der Waals surface area (Å²) in [6, 6.07) is 0. The number of hydrogen-bond donors (Lipinski definition) is 0. The molecule has 0 aromatic carbocycles. The molecule has 0 radical (unpaired) electrons. The Kier molecular flexibility index (Phi) is 6.14. The number of hydrogen-bond acceptors (Lipinski definition) is 0. The van der Waals surface area contributed by atoms with Gasteiger partial charge in [-0.05, 0) is 0 Å². The van der Waals surface area contributed by atoms with E-state index in [4.69, 9.17) is 0 Å². The van der Waals surface area contributed by atoms with Crippen LogP contribution >= 0.6 is 6.60 Å². The van der Waals surface area contributed by atoms with Gasteiger partial charge < -0.3 is 0 Å². The molecule has 0 spiro atoms. The molecular weight excluding hydrogens is 199 g/mol. The Morgan fingerprint density at radius 2 is 0.667 bits per heavy atom. The van der Waals surface area contributed by atoms with Gasteiger partial charge in [0.25, 0.3) is 0 Å². The van der Waals surface area contributed by atoms with Crippen molar-refractivity contribution in [2.45, 2.75) is 85.5 Å². The van der Waals surface area contributed by atoms with Crippen LogP contribution in [-0.2, 0) is 0 Å². The third-order valence-electron chi connectivity index (χ3n) is 5.64. The van der Waals surface area contributed by atoms with Crippen LogP contribution in [0.1, 0.15) is 62.8 Å². The summed E-state index contributed by atoms with van der Waals surface area (Å²) in [6.45, 7) is 20.6. The van der Waals surface area contributed by atoms with Crippen molar-refractivity contribution in [2.75, 3.05) is 6.66 Å². The molecule has 0 nitrogen and oxygen atoms in total. The monoisotopic (exact) mass is 234 g/mol. The molecule has 15 heavy (non-hydrogen) atoms. The fourth-order valence-corrected chi connectivity index (χ4v) is 10.7. The first-order chi connectivity index (χ1) is 6.10. The summed E-state index contributed by atoms with van der Waals surface area (Å²) in [5.74, 6) is 0. The molecule has 0 aliphatic carbocycles. The van der Waals surface area contributed by atoms with E-state index >= 15 is 0 Å². The molecule has 96 valence electrons. The summed E-state index contributed by atoms with van der Waals surface area (Å²) < 4.78 is 0. The third kappa shape index (κ3) is 2.12. The van der Waals surface area contributed by atoms with Crippen molar-refractivity contribution < 1.29 is 0 Å². The van der Waals surface area contributed by atoms with E-state index in [9.17, 15) is 0 Å². The Labute approximate surface area is 99.2 Å². The molecule has 0 atom stereocenters. The van der Waals surface area contributed by atoms with Gasteiger partial charge in [-0.1, -0.05) is 7.43 Å². The van der Waals surface area contributed by atoms with Gasteiger partial charge in [0, 0.05) is 0 Å². The van der Waals surface area contributed by atoms with Crippen LogP contribution in [0.25, 0.3) is 0 Å². The summed E-state index contributed by atoms with van der Waals surface area (Å²) in [6.07, 6.45) is 0. The van der Waals surface area contributed by atoms with Gasteiger partial charge >= 0.3 is 91.3 Å². The first-order valence-electron chi connectivity index (χ1n) is 6.10. The average Bonchev–Trinajstić information content (AvgIpc) is 2.00. The Morgan fingerprint density at radius 1 is 0.533 bits per heavy atom. The fraction of sp³-hybridized carbons (Fsp3) is 1.00. The predicted molar refractivity (Wildman–Crippen MR) is 80.1 cm³/mol. The van der Waals surface area contributed by atoms with E-state index in [0.717, 1.165) is 22.6 Å². The topological polar surface area (TPSA) is 0 Å². The van der Waals surface area contributed by atoms with Gasteiger partial charge in [-0.2, -0.15) is 0 Å². The van der Waals surface area contributed by atoms with Crippen LogP contribution in [0.4, 0.5) is 0 Å². The van der Waals surface area contributed by atoms with Crippen LogP contribution in [0.2, 0.25) is 0 Å². The van der Waals surface area contributed by atoms with Crippen LogP contribution in [0.15, 0.2) is 0 Å². The van der Waals surface area contributed by atoms with Crippen molar-refractivity contribution in [3.8, 4) is 0 Å². The van der Waals surface area contributed by atoms with Crippen molar-refractivity contribution >= 4 is 6.60 Å². The molecule has 0 amide bonds. The van der Waals surface area contributed by atoms with Gasteiger partial charge in [0.2, 0.25) is 0 Å². The van der Waals surface area contributed by atoms with Crippen LogP contribution < -0.4 is 0 Å². The van der Waals surface area contributed by atoms with E-state index in [2.05, 4.69) is 62.1 Å². The molecule has 0 saturated carbocycles. The van der Waals surface area contributed by atoms with Crippen molar-refractivity contribution in [1.82, 2.24) is 0 Å². The van der Waals surface area contributed by atoms with Gasteiger partial charge in [0.05, 0.1) is 0 Å². The minimum absolute atomic E-state index is 0. The first kappa shape index (κ1) is 17.8. The molecule has 0 heterocycles. The van der Waals surface area contributed by atoms with Gasteiger partial charge in [-0.15, -0.1) is 0 Å². The molecule has 0 saturated heterocycles. The SMILES string of the molecule is C.CC(C)P(C)(C(C)C)(C(C)C)C(C)C. The van der Waals surface area contributed by atoms with E-state index in [1.165, 1.54) is 0 Å². The molecule has 1 heteroatoms. The standard InChI is InChI=1S/C13H31P.CH4/c1-10(2)14(9,11(3)4,12(5)6)13(7)8;/h10-13H,1-9H3;1H4. The van der Waals surface area contributed by atoms with E-state index in [1.54, 1.807) is 0 Å². The third-order valence-corrected chi connectivity index (χ3v) is 16.9. The Balaban J connectivity index is 0. The summed E-state index contributed by atoms with van der Waals surface area (Å²) in [7, 11) is 0. The second-order valence-corrected chi connectivity index (χ2v) is 14.3. The van der Waals surface area contributed by atoms with Crippen LogP contribution in [-0.4, -0.2) is 29.3 Å². The van der Waals surface area contributed by atoms with Gasteiger partial charge in [-0.3, -0.25) is 0 Å². The number of rotatable bonds is 4. The van der Waals surface area contributed by atoms with Crippen molar-refractivity contribution in [3.63, 3.8) is 0 Å². The maximum absolute atomic E-state index is 2.64. The van der Waals surface area contributed by atoms with Gasteiger partial charge in [0.1, 0.15) is 0 Å². The fourth-order valence-electron chi connectivity index (χ4n) is 3.58. The molecule has 0 unspecified atom stereocenters. The first-order valence-corrected chi connectivity index (χ1v) is 9.06. The molecule has 0 bridgehead atoms. The Bertz CT molecular complexity index is 146. The second-order valence-electron chi connectivity index (χ2n) is 6.30. The quantitative estimate of drug-likeness (QED) is 0.568. The van der Waals surface area contributed by atoms with Crippen molar-refractivity contribution in [3.05, 3.63) is 0 Å². The minimum atomic E-state index is -1.59. The normalized spacial score (nSPS) is 15.7. The second kappa shape index (κ2) is 5.17. The molecule has 0 fully saturated rings. The van der Waals surface area contributed by atoms with Crippen LogP contribution in [0, 0.1) is 0 Å². The molecule has 0 aliphatic heterocycles. The van der Waals surface area contributed by atoms with Crippen molar-refractivity contribution in [1.29, 1.82) is 0 Å². The maximum atomic E-state index is 2.64. The van der Waals surface area contributed by atoms with E-state index in [1.807, 2.05) is 0 Å².